The Hall–Kier alpha value is -3.28. The Labute approximate surface area is 240 Å². The SMILES string of the molecule is Cc1ncnc(C)c1C(=O)N1CC2CN(CCC(c3cccc(F)c3)C3CN(S(=O)(=O)c4ccccn4)C3)CC2C1. The molecule has 3 aliphatic heterocycles. The van der Waals surface area contributed by atoms with Gasteiger partial charge in [0.15, 0.2) is 5.03 Å². The maximum absolute atomic E-state index is 14.2. The average Bonchev–Trinajstić information content (AvgIpc) is 3.49. The fourth-order valence-corrected chi connectivity index (χ4v) is 8.27. The molecule has 0 N–H and O–H groups in total. The average molecular weight is 579 g/mol. The van der Waals surface area contributed by atoms with Gasteiger partial charge in [0.2, 0.25) is 0 Å². The summed E-state index contributed by atoms with van der Waals surface area (Å²) in [7, 11) is -3.64. The Kier molecular flexibility index (Phi) is 7.60. The van der Waals surface area contributed by atoms with E-state index in [1.165, 1.54) is 29.0 Å². The van der Waals surface area contributed by atoms with Crippen molar-refractivity contribution in [3.8, 4) is 0 Å². The largest absolute Gasteiger partial charge is 0.338 e. The summed E-state index contributed by atoms with van der Waals surface area (Å²) in [5.41, 5.74) is 2.96. The highest BCUT2D eigenvalue weighted by molar-refractivity contribution is 7.89. The number of pyridine rings is 1. The number of benzene rings is 1. The molecule has 0 saturated carbocycles. The zero-order valence-electron chi connectivity index (χ0n) is 23.4. The number of carbonyl (C=O) groups is 1. The van der Waals surface area contributed by atoms with Crippen molar-refractivity contribution >= 4 is 15.9 Å². The number of carbonyl (C=O) groups excluding carboxylic acids is 1. The van der Waals surface area contributed by atoms with Gasteiger partial charge in [-0.25, -0.2) is 27.8 Å². The third-order valence-corrected chi connectivity index (χ3v) is 10.8. The number of amides is 1. The molecule has 0 aliphatic carbocycles. The number of aryl methyl sites for hydroxylation is 2. The van der Waals surface area contributed by atoms with Crippen LogP contribution in [0.25, 0.3) is 0 Å². The van der Waals surface area contributed by atoms with E-state index >= 15 is 0 Å². The number of fused-ring (bicyclic) bond motifs is 1. The van der Waals surface area contributed by atoms with Crippen LogP contribution in [0.3, 0.4) is 0 Å². The minimum atomic E-state index is -3.64. The lowest BCUT2D eigenvalue weighted by Gasteiger charge is -2.42. The summed E-state index contributed by atoms with van der Waals surface area (Å²) in [5, 5.41) is 0.0574. The fourth-order valence-electron chi connectivity index (χ4n) is 6.79. The van der Waals surface area contributed by atoms with Gasteiger partial charge in [-0.3, -0.25) is 4.79 Å². The topological polar surface area (TPSA) is 99.6 Å². The van der Waals surface area contributed by atoms with Crippen molar-refractivity contribution in [3.05, 3.63) is 83.3 Å². The third-order valence-electron chi connectivity index (χ3n) is 9.01. The number of halogens is 1. The van der Waals surface area contributed by atoms with E-state index in [0.717, 1.165) is 44.7 Å². The standard InChI is InChI=1S/C30H35FN6O3S/c1-20-29(21(2)34-19-33-20)30(38)36-15-23-13-35(14-24(23)16-36)11-9-27(22-6-5-7-26(31)12-22)25-17-37(18-25)41(39,40)28-8-3-4-10-32-28/h3-8,10,12,19,23-25,27H,9,11,13-18H2,1-2H3. The Morgan fingerprint density at radius 1 is 0.951 bits per heavy atom. The normalized spacial score (nSPS) is 22.5. The van der Waals surface area contributed by atoms with Crippen molar-refractivity contribution in [2.24, 2.45) is 17.8 Å². The predicted molar refractivity (Wildman–Crippen MR) is 151 cm³/mol. The van der Waals surface area contributed by atoms with Gasteiger partial charge in [0.25, 0.3) is 15.9 Å². The molecule has 3 saturated heterocycles. The molecule has 0 radical (unpaired) electrons. The van der Waals surface area contributed by atoms with E-state index < -0.39 is 10.0 Å². The highest BCUT2D eigenvalue weighted by Crippen LogP contribution is 2.39. The zero-order chi connectivity index (χ0) is 28.7. The maximum atomic E-state index is 14.2. The van der Waals surface area contributed by atoms with Gasteiger partial charge in [0, 0.05) is 45.5 Å². The van der Waals surface area contributed by atoms with Crippen LogP contribution in [0.5, 0.6) is 0 Å². The molecule has 3 aromatic rings. The summed E-state index contributed by atoms with van der Waals surface area (Å²) in [6, 6.07) is 11.6. The fraction of sp³-hybridized carbons (Fsp3) is 0.467. The van der Waals surface area contributed by atoms with Crippen LogP contribution in [-0.2, 0) is 10.0 Å². The van der Waals surface area contributed by atoms with Crippen LogP contribution in [-0.4, -0.2) is 89.2 Å². The first-order chi connectivity index (χ1) is 19.7. The number of sulfonamides is 1. The van der Waals surface area contributed by atoms with E-state index in [-0.39, 0.29) is 28.6 Å². The van der Waals surface area contributed by atoms with Crippen LogP contribution in [0.4, 0.5) is 4.39 Å². The summed E-state index contributed by atoms with van der Waals surface area (Å²) in [6.07, 6.45) is 3.79. The van der Waals surface area contributed by atoms with Gasteiger partial charge in [-0.1, -0.05) is 18.2 Å². The number of hydrogen-bond acceptors (Lipinski definition) is 7. The summed E-state index contributed by atoms with van der Waals surface area (Å²) in [6.45, 7) is 8.62. The highest BCUT2D eigenvalue weighted by Gasteiger charge is 2.44. The van der Waals surface area contributed by atoms with Gasteiger partial charge in [0.05, 0.1) is 17.0 Å². The van der Waals surface area contributed by atoms with Crippen LogP contribution in [0.15, 0.2) is 60.0 Å². The monoisotopic (exact) mass is 578 g/mol. The molecule has 0 spiro atoms. The van der Waals surface area contributed by atoms with Crippen LogP contribution in [0.1, 0.15) is 39.6 Å². The molecule has 2 aromatic heterocycles. The molecule has 41 heavy (non-hydrogen) atoms. The molecule has 11 heteroatoms. The van der Waals surface area contributed by atoms with E-state index in [0.29, 0.717) is 41.9 Å². The second kappa shape index (κ2) is 11.2. The van der Waals surface area contributed by atoms with Gasteiger partial charge in [0.1, 0.15) is 12.1 Å². The first-order valence-electron chi connectivity index (χ1n) is 14.2. The van der Waals surface area contributed by atoms with Crippen molar-refractivity contribution < 1.29 is 17.6 Å². The second-order valence-corrected chi connectivity index (χ2v) is 13.5. The quantitative estimate of drug-likeness (QED) is 0.405. The zero-order valence-corrected chi connectivity index (χ0v) is 24.2. The lowest BCUT2D eigenvalue weighted by atomic mass is 9.80. The maximum Gasteiger partial charge on any atom is 0.260 e. The minimum absolute atomic E-state index is 0.0166. The van der Waals surface area contributed by atoms with E-state index in [4.69, 9.17) is 0 Å². The molecule has 5 heterocycles. The van der Waals surface area contributed by atoms with Crippen molar-refractivity contribution in [1.82, 2.24) is 29.1 Å². The van der Waals surface area contributed by atoms with E-state index in [2.05, 4.69) is 19.9 Å². The highest BCUT2D eigenvalue weighted by atomic mass is 32.2. The molecule has 3 unspecified atom stereocenters. The molecular formula is C30H35FN6O3S. The summed E-state index contributed by atoms with van der Waals surface area (Å²) in [4.78, 5) is 30.1. The number of nitrogens with zero attached hydrogens (tertiary/aromatic N) is 6. The molecule has 1 aromatic carbocycles. The van der Waals surface area contributed by atoms with Crippen LogP contribution < -0.4 is 0 Å². The Morgan fingerprint density at radius 3 is 2.29 bits per heavy atom. The summed E-state index contributed by atoms with van der Waals surface area (Å²) < 4.78 is 41.7. The van der Waals surface area contributed by atoms with Gasteiger partial charge in [-0.05, 0) is 80.3 Å². The smallest absolute Gasteiger partial charge is 0.260 e. The van der Waals surface area contributed by atoms with Crippen molar-refractivity contribution in [2.75, 3.05) is 45.8 Å². The van der Waals surface area contributed by atoms with Crippen LogP contribution in [0.2, 0.25) is 0 Å². The Bertz CT molecular complexity index is 1500. The van der Waals surface area contributed by atoms with E-state index in [1.807, 2.05) is 24.8 Å². The van der Waals surface area contributed by atoms with Crippen molar-refractivity contribution in [1.29, 1.82) is 0 Å². The molecular weight excluding hydrogens is 543 g/mol. The number of aromatic nitrogens is 3. The lowest BCUT2D eigenvalue weighted by Crippen LogP contribution is -2.52. The van der Waals surface area contributed by atoms with Crippen molar-refractivity contribution in [3.63, 3.8) is 0 Å². The number of rotatable bonds is 8. The molecule has 3 atom stereocenters. The van der Waals surface area contributed by atoms with E-state index in [9.17, 15) is 17.6 Å². The first-order valence-corrected chi connectivity index (χ1v) is 15.6. The molecule has 3 fully saturated rings. The second-order valence-electron chi connectivity index (χ2n) is 11.6. The van der Waals surface area contributed by atoms with Gasteiger partial charge >= 0.3 is 0 Å². The van der Waals surface area contributed by atoms with Gasteiger partial charge in [-0.15, -0.1) is 0 Å². The molecule has 0 bridgehead atoms. The molecule has 1 amide bonds. The minimum Gasteiger partial charge on any atom is -0.338 e. The third kappa shape index (κ3) is 5.50. The lowest BCUT2D eigenvalue weighted by molar-refractivity contribution is 0.0770. The van der Waals surface area contributed by atoms with Crippen molar-refractivity contribution in [2.45, 2.75) is 31.2 Å². The van der Waals surface area contributed by atoms with Gasteiger partial charge < -0.3 is 9.80 Å². The van der Waals surface area contributed by atoms with Gasteiger partial charge in [-0.2, -0.15) is 4.31 Å². The Morgan fingerprint density at radius 2 is 1.66 bits per heavy atom. The molecule has 9 nitrogen and oxygen atoms in total. The summed E-state index contributed by atoms with van der Waals surface area (Å²) in [5.74, 6) is 0.718. The van der Waals surface area contributed by atoms with Crippen LogP contribution in [0, 0.1) is 37.4 Å². The predicted octanol–water partition coefficient (Wildman–Crippen LogP) is 3.13. The van der Waals surface area contributed by atoms with E-state index in [1.54, 1.807) is 24.3 Å². The number of hydrogen-bond donors (Lipinski definition) is 0. The van der Waals surface area contributed by atoms with Crippen LogP contribution >= 0.6 is 0 Å². The molecule has 6 rings (SSSR count). The molecule has 216 valence electrons. The Balaban J connectivity index is 1.08. The summed E-state index contributed by atoms with van der Waals surface area (Å²) >= 11 is 0. The number of likely N-dealkylation sites (tertiary alicyclic amines) is 2. The first kappa shape index (κ1) is 27.9. The molecule has 3 aliphatic rings.